The van der Waals surface area contributed by atoms with Gasteiger partial charge in [-0.25, -0.2) is 0 Å². The van der Waals surface area contributed by atoms with Gasteiger partial charge in [-0.3, -0.25) is 35.2 Å². The third kappa shape index (κ3) is 5.10. The molecule has 3 aromatic rings. The van der Waals surface area contributed by atoms with Crippen molar-refractivity contribution < 1.29 is 19.2 Å². The summed E-state index contributed by atoms with van der Waals surface area (Å²) in [6, 6.07) is 11.0. The number of hydrogen-bond acceptors (Lipinski definition) is 6. The molecule has 2 aromatic carbocycles. The molecule has 3 rings (SSSR count). The van der Waals surface area contributed by atoms with Crippen molar-refractivity contribution in [1.82, 2.24) is 20.6 Å². The van der Waals surface area contributed by atoms with E-state index in [4.69, 9.17) is 4.74 Å². The lowest BCUT2D eigenvalue weighted by atomic mass is 10.2. The van der Waals surface area contributed by atoms with E-state index in [-0.39, 0.29) is 24.8 Å². The Morgan fingerprint density at radius 3 is 2.57 bits per heavy atom. The first-order chi connectivity index (χ1) is 14.3. The number of carbonyl (C=O) groups is 2. The van der Waals surface area contributed by atoms with Gasteiger partial charge in [-0.15, -0.1) is 0 Å². The number of benzene rings is 2. The van der Waals surface area contributed by atoms with E-state index in [0.29, 0.717) is 16.8 Å². The molecule has 0 aliphatic heterocycles. The number of hydrazine groups is 1. The zero-order valence-electron chi connectivity index (χ0n) is 16.5. The average molecular weight is 411 g/mol. The third-order valence-corrected chi connectivity index (χ3v) is 4.19. The average Bonchev–Trinajstić information content (AvgIpc) is 3.12. The molecule has 0 spiro atoms. The van der Waals surface area contributed by atoms with Crippen LogP contribution in [0.25, 0.3) is 10.9 Å². The van der Waals surface area contributed by atoms with Gasteiger partial charge in [0.25, 0.3) is 11.6 Å². The van der Waals surface area contributed by atoms with Gasteiger partial charge < -0.3 is 4.74 Å². The van der Waals surface area contributed by atoms with Gasteiger partial charge in [0.15, 0.2) is 0 Å². The number of nitro groups is 1. The molecule has 0 atom stereocenters. The normalized spacial score (nSPS) is 10.8. The van der Waals surface area contributed by atoms with Crippen molar-refractivity contribution in [1.29, 1.82) is 0 Å². The zero-order chi connectivity index (χ0) is 21.7. The molecule has 0 saturated heterocycles. The fraction of sp³-hybridized carbons (Fsp3) is 0.250. The summed E-state index contributed by atoms with van der Waals surface area (Å²) >= 11 is 0. The van der Waals surface area contributed by atoms with Crippen LogP contribution in [0.5, 0.6) is 5.75 Å². The first-order valence-electron chi connectivity index (χ1n) is 9.29. The standard InChI is InChI=1S/C20H21N5O5/c1-13(2)30-17-7-4-14(5-8-17)20(27)23-22-19(26)9-10-24-18-11-16(25(28)29)6-3-15(18)12-21-24/h3-8,11-13H,9-10H2,1-2H3,(H,22,26)(H,23,27). The highest BCUT2D eigenvalue weighted by Crippen LogP contribution is 2.20. The summed E-state index contributed by atoms with van der Waals surface area (Å²) in [7, 11) is 0. The van der Waals surface area contributed by atoms with Crippen LogP contribution >= 0.6 is 0 Å². The second-order valence-corrected chi connectivity index (χ2v) is 6.81. The molecule has 0 saturated carbocycles. The van der Waals surface area contributed by atoms with Crippen molar-refractivity contribution in [2.75, 3.05) is 0 Å². The van der Waals surface area contributed by atoms with Gasteiger partial charge in [0.05, 0.1) is 29.3 Å². The molecule has 10 heteroatoms. The molecule has 0 radical (unpaired) electrons. The summed E-state index contributed by atoms with van der Waals surface area (Å²) < 4.78 is 7.03. The topological polar surface area (TPSA) is 128 Å². The summed E-state index contributed by atoms with van der Waals surface area (Å²) in [5.41, 5.74) is 5.58. The predicted molar refractivity (Wildman–Crippen MR) is 109 cm³/mol. The lowest BCUT2D eigenvalue weighted by molar-refractivity contribution is -0.384. The molecule has 0 aliphatic rings. The Morgan fingerprint density at radius 2 is 1.90 bits per heavy atom. The Bertz CT molecular complexity index is 1070. The Labute approximate surface area is 171 Å². The van der Waals surface area contributed by atoms with Crippen molar-refractivity contribution >= 4 is 28.4 Å². The monoisotopic (exact) mass is 411 g/mol. The maximum Gasteiger partial charge on any atom is 0.271 e. The van der Waals surface area contributed by atoms with E-state index in [2.05, 4.69) is 16.0 Å². The predicted octanol–water partition coefficient (Wildman–Crippen LogP) is 2.58. The Kier molecular flexibility index (Phi) is 6.26. The van der Waals surface area contributed by atoms with Crippen LogP contribution in [0.2, 0.25) is 0 Å². The van der Waals surface area contributed by atoms with E-state index < -0.39 is 16.7 Å². The van der Waals surface area contributed by atoms with Gasteiger partial charge in [-0.05, 0) is 44.2 Å². The highest BCUT2D eigenvalue weighted by atomic mass is 16.6. The summed E-state index contributed by atoms with van der Waals surface area (Å²) in [6.45, 7) is 4.01. The number of hydrogen-bond donors (Lipinski definition) is 2. The van der Waals surface area contributed by atoms with Crippen LogP contribution in [-0.4, -0.2) is 32.6 Å². The highest BCUT2D eigenvalue weighted by Gasteiger charge is 2.12. The second-order valence-electron chi connectivity index (χ2n) is 6.81. The van der Waals surface area contributed by atoms with Crippen LogP contribution in [0, 0.1) is 10.1 Å². The number of nitrogens with one attached hydrogen (secondary N) is 2. The van der Waals surface area contributed by atoms with Crippen molar-refractivity contribution in [2.45, 2.75) is 32.9 Å². The number of non-ortho nitro benzene ring substituents is 1. The largest absolute Gasteiger partial charge is 0.491 e. The molecule has 1 heterocycles. The van der Waals surface area contributed by atoms with Crippen LogP contribution in [0.4, 0.5) is 5.69 Å². The van der Waals surface area contributed by atoms with Crippen molar-refractivity contribution in [3.05, 3.63) is 64.3 Å². The minimum Gasteiger partial charge on any atom is -0.491 e. The Morgan fingerprint density at radius 1 is 1.17 bits per heavy atom. The lowest BCUT2D eigenvalue weighted by Crippen LogP contribution is -2.41. The fourth-order valence-corrected chi connectivity index (χ4v) is 2.78. The molecule has 30 heavy (non-hydrogen) atoms. The first-order valence-corrected chi connectivity index (χ1v) is 9.29. The van der Waals surface area contributed by atoms with Gasteiger partial charge in [0, 0.05) is 29.5 Å². The lowest BCUT2D eigenvalue weighted by Gasteiger charge is -2.11. The fourth-order valence-electron chi connectivity index (χ4n) is 2.78. The van der Waals surface area contributed by atoms with Crippen LogP contribution in [0.1, 0.15) is 30.6 Å². The minimum atomic E-state index is -0.486. The van der Waals surface area contributed by atoms with Crippen LogP contribution in [0.3, 0.4) is 0 Å². The molecule has 0 unspecified atom stereocenters. The van der Waals surface area contributed by atoms with Gasteiger partial charge in [0.1, 0.15) is 5.75 Å². The number of ether oxygens (including phenoxy) is 1. The number of carbonyl (C=O) groups excluding carboxylic acids is 2. The van der Waals surface area contributed by atoms with E-state index in [0.717, 1.165) is 5.39 Å². The SMILES string of the molecule is CC(C)Oc1ccc(C(=O)NNC(=O)CCn2ncc3ccc([N+](=O)[O-])cc32)cc1. The summed E-state index contributed by atoms with van der Waals surface area (Å²) in [4.78, 5) is 34.7. The van der Waals surface area contributed by atoms with Crippen molar-refractivity contribution in [3.8, 4) is 5.75 Å². The molecular weight excluding hydrogens is 390 g/mol. The molecule has 2 amide bonds. The maximum absolute atomic E-state index is 12.1. The zero-order valence-corrected chi connectivity index (χ0v) is 16.5. The number of amides is 2. The van der Waals surface area contributed by atoms with Gasteiger partial charge in [-0.1, -0.05) is 0 Å². The van der Waals surface area contributed by atoms with E-state index in [1.165, 1.54) is 16.8 Å². The number of aromatic nitrogens is 2. The third-order valence-electron chi connectivity index (χ3n) is 4.19. The number of aryl methyl sites for hydroxylation is 1. The van der Waals surface area contributed by atoms with Gasteiger partial charge in [-0.2, -0.15) is 5.10 Å². The summed E-state index contributed by atoms with van der Waals surface area (Å²) in [5.74, 6) is -0.228. The first kappa shape index (κ1) is 20.8. The Balaban J connectivity index is 1.52. The van der Waals surface area contributed by atoms with Gasteiger partial charge >= 0.3 is 0 Å². The molecule has 156 valence electrons. The minimum absolute atomic E-state index is 0.0287. The smallest absolute Gasteiger partial charge is 0.271 e. The molecule has 0 aliphatic carbocycles. The molecule has 1 aromatic heterocycles. The van der Waals surface area contributed by atoms with Crippen LogP contribution in [-0.2, 0) is 11.3 Å². The van der Waals surface area contributed by atoms with Crippen molar-refractivity contribution in [3.63, 3.8) is 0 Å². The molecule has 2 N–H and O–H groups in total. The molecule has 0 bridgehead atoms. The van der Waals surface area contributed by atoms with E-state index in [9.17, 15) is 19.7 Å². The quantitative estimate of drug-likeness (QED) is 0.454. The summed E-state index contributed by atoms with van der Waals surface area (Å²) in [5, 5.41) is 15.8. The van der Waals surface area contributed by atoms with Crippen LogP contribution < -0.4 is 15.6 Å². The van der Waals surface area contributed by atoms with E-state index in [1.807, 2.05) is 13.8 Å². The highest BCUT2D eigenvalue weighted by molar-refractivity contribution is 5.95. The number of nitro benzene ring substituents is 1. The molecule has 0 fully saturated rings. The summed E-state index contributed by atoms with van der Waals surface area (Å²) in [6.07, 6.45) is 1.63. The number of rotatable bonds is 7. The molecule has 10 nitrogen and oxygen atoms in total. The number of nitrogens with zero attached hydrogens (tertiary/aromatic N) is 3. The van der Waals surface area contributed by atoms with E-state index in [1.54, 1.807) is 36.5 Å². The molecular formula is C20H21N5O5. The van der Waals surface area contributed by atoms with Crippen molar-refractivity contribution in [2.24, 2.45) is 0 Å². The number of fused-ring (bicyclic) bond motifs is 1. The second kappa shape index (κ2) is 9.03. The van der Waals surface area contributed by atoms with Crippen LogP contribution in [0.15, 0.2) is 48.7 Å². The van der Waals surface area contributed by atoms with Gasteiger partial charge in [0.2, 0.25) is 5.91 Å². The van der Waals surface area contributed by atoms with E-state index >= 15 is 0 Å². The maximum atomic E-state index is 12.1. The Hall–Kier alpha value is -3.95.